The highest BCUT2D eigenvalue weighted by Crippen LogP contribution is 2.22. The average Bonchev–Trinajstić information content (AvgIpc) is 3.35. The summed E-state index contributed by atoms with van der Waals surface area (Å²) >= 11 is 0. The van der Waals surface area contributed by atoms with Crippen molar-refractivity contribution in [1.29, 1.82) is 0 Å². The molecule has 1 aliphatic rings. The van der Waals surface area contributed by atoms with Crippen molar-refractivity contribution in [3.05, 3.63) is 109 Å². The van der Waals surface area contributed by atoms with E-state index in [9.17, 15) is 30.3 Å². The molecule has 1 aliphatic heterocycles. The van der Waals surface area contributed by atoms with Gasteiger partial charge in [-0.1, -0.05) is 220 Å². The molecule has 0 spiro atoms. The lowest BCUT2D eigenvalue weighted by Gasteiger charge is -2.40. The van der Waals surface area contributed by atoms with Gasteiger partial charge in [-0.2, -0.15) is 0 Å². The van der Waals surface area contributed by atoms with E-state index in [4.69, 9.17) is 9.47 Å². The molecule has 1 fully saturated rings. The van der Waals surface area contributed by atoms with Crippen LogP contribution in [0.5, 0.6) is 0 Å². The molecule has 9 nitrogen and oxygen atoms in total. The molecule has 0 aromatic heterocycles. The molecular weight excluding hydrogens is 863 g/mol. The third-order valence-corrected chi connectivity index (χ3v) is 12.3. The van der Waals surface area contributed by atoms with Crippen LogP contribution in [0.4, 0.5) is 0 Å². The van der Waals surface area contributed by atoms with Gasteiger partial charge in [-0.15, -0.1) is 0 Å². The lowest BCUT2D eigenvalue weighted by atomic mass is 9.99. The fourth-order valence-electron chi connectivity index (χ4n) is 7.97. The SMILES string of the molecule is CC/C=C\C/C=C\C/C=C\C/C=C\C/C=C\C/C=C\C/C=C\CCCCCC(=O)NC(COC1OC(CO)C(O)C(O)C1O)C(O)/C=C/CC/C=C/CCCCCCCCCCCCCCCCC. The molecule has 0 saturated carbocycles. The Morgan fingerprint density at radius 3 is 1.39 bits per heavy atom. The first-order chi connectivity index (χ1) is 33.8. The zero-order valence-electron chi connectivity index (χ0n) is 43.5. The second-order valence-electron chi connectivity index (χ2n) is 18.6. The van der Waals surface area contributed by atoms with Crippen molar-refractivity contribution in [2.24, 2.45) is 0 Å². The molecule has 1 saturated heterocycles. The molecule has 1 amide bonds. The third kappa shape index (κ3) is 38.2. The molecule has 7 unspecified atom stereocenters. The lowest BCUT2D eigenvalue weighted by molar-refractivity contribution is -0.302. The summed E-state index contributed by atoms with van der Waals surface area (Å²) in [7, 11) is 0. The van der Waals surface area contributed by atoms with Crippen molar-refractivity contribution < 1.29 is 39.8 Å². The van der Waals surface area contributed by atoms with Gasteiger partial charge in [-0.3, -0.25) is 4.79 Å². The Balaban J connectivity index is 2.34. The summed E-state index contributed by atoms with van der Waals surface area (Å²) < 4.78 is 11.2. The predicted molar refractivity (Wildman–Crippen MR) is 290 cm³/mol. The maximum Gasteiger partial charge on any atom is 0.220 e. The van der Waals surface area contributed by atoms with Gasteiger partial charge in [0.15, 0.2) is 6.29 Å². The van der Waals surface area contributed by atoms with Crippen LogP contribution in [0, 0.1) is 0 Å². The Bertz CT molecular complexity index is 1440. The van der Waals surface area contributed by atoms with Crippen LogP contribution in [0.25, 0.3) is 0 Å². The van der Waals surface area contributed by atoms with Crippen molar-refractivity contribution in [3.63, 3.8) is 0 Å². The summed E-state index contributed by atoms with van der Waals surface area (Å²) in [6, 6.07) is -0.848. The standard InChI is InChI=1S/C60H101NO8/c1-3-5-7-9-11-13-15-17-19-21-23-25-26-27-28-30-32-34-36-38-40-42-44-46-48-50-56(64)61-53(52-68-60-59(67)58(66)57(65)55(51-62)69-60)54(63)49-47-45-43-41-39-37-35-33-31-29-24-22-20-18-16-14-12-10-8-6-4-2/h5,7,11,13,17,19,23,25,27-28,32,34,38-41,47,49,53-55,57-60,62-63,65-67H,3-4,6,8-10,12,14-16,18,20-22,24,26,29-31,33,35-37,42-46,48,50-52H2,1-2H3,(H,61,64)/b7-5-,13-11-,19-17-,25-23-,28-27-,34-32-,40-38-,41-39+,49-47+. The van der Waals surface area contributed by atoms with E-state index in [-0.39, 0.29) is 12.5 Å². The number of carbonyl (C=O) groups is 1. The fraction of sp³-hybridized carbons (Fsp3) is 0.683. The molecule has 9 heteroatoms. The van der Waals surface area contributed by atoms with E-state index in [2.05, 4.69) is 116 Å². The molecule has 6 N–H and O–H groups in total. The number of ether oxygens (including phenoxy) is 2. The van der Waals surface area contributed by atoms with Crippen molar-refractivity contribution >= 4 is 5.91 Å². The normalized spacial score (nSPS) is 20.4. The number of rotatable bonds is 45. The smallest absolute Gasteiger partial charge is 0.220 e. The lowest BCUT2D eigenvalue weighted by Crippen LogP contribution is -2.60. The number of unbranched alkanes of at least 4 members (excludes halogenated alkanes) is 19. The van der Waals surface area contributed by atoms with Crippen LogP contribution < -0.4 is 5.32 Å². The van der Waals surface area contributed by atoms with Crippen LogP contribution in [-0.2, 0) is 14.3 Å². The van der Waals surface area contributed by atoms with E-state index in [0.29, 0.717) is 12.8 Å². The molecule has 0 radical (unpaired) electrons. The minimum absolute atomic E-state index is 0.222. The summed E-state index contributed by atoms with van der Waals surface area (Å²) in [5.41, 5.74) is 0. The van der Waals surface area contributed by atoms with E-state index < -0.39 is 49.5 Å². The summed E-state index contributed by atoms with van der Waals surface area (Å²) in [4.78, 5) is 13.0. The van der Waals surface area contributed by atoms with E-state index in [0.717, 1.165) is 83.5 Å². The van der Waals surface area contributed by atoms with Crippen molar-refractivity contribution in [2.75, 3.05) is 13.2 Å². The van der Waals surface area contributed by atoms with Gasteiger partial charge in [0.1, 0.15) is 24.4 Å². The van der Waals surface area contributed by atoms with Crippen LogP contribution in [0.2, 0.25) is 0 Å². The molecule has 0 aliphatic carbocycles. The van der Waals surface area contributed by atoms with Gasteiger partial charge < -0.3 is 40.3 Å². The van der Waals surface area contributed by atoms with Gasteiger partial charge in [-0.25, -0.2) is 0 Å². The van der Waals surface area contributed by atoms with Crippen LogP contribution in [0.1, 0.15) is 206 Å². The van der Waals surface area contributed by atoms with Crippen molar-refractivity contribution in [3.8, 4) is 0 Å². The number of aliphatic hydroxyl groups is 5. The largest absolute Gasteiger partial charge is 0.394 e. The van der Waals surface area contributed by atoms with Gasteiger partial charge in [0.2, 0.25) is 5.91 Å². The topological polar surface area (TPSA) is 149 Å². The van der Waals surface area contributed by atoms with E-state index in [1.165, 1.54) is 96.3 Å². The minimum atomic E-state index is -1.59. The zero-order valence-corrected chi connectivity index (χ0v) is 43.5. The Morgan fingerprint density at radius 2 is 0.913 bits per heavy atom. The Labute approximate surface area is 421 Å². The number of hydrogen-bond acceptors (Lipinski definition) is 8. The minimum Gasteiger partial charge on any atom is -0.394 e. The van der Waals surface area contributed by atoms with Crippen molar-refractivity contribution in [2.45, 2.75) is 249 Å². The van der Waals surface area contributed by atoms with Crippen LogP contribution >= 0.6 is 0 Å². The van der Waals surface area contributed by atoms with Crippen LogP contribution in [0.15, 0.2) is 109 Å². The van der Waals surface area contributed by atoms with E-state index in [1.807, 2.05) is 6.08 Å². The highest BCUT2D eigenvalue weighted by molar-refractivity contribution is 5.76. The molecular formula is C60H101NO8. The van der Waals surface area contributed by atoms with E-state index >= 15 is 0 Å². The maximum atomic E-state index is 13.0. The molecule has 394 valence electrons. The third-order valence-electron chi connectivity index (χ3n) is 12.3. The zero-order chi connectivity index (χ0) is 50.1. The van der Waals surface area contributed by atoms with E-state index in [1.54, 1.807) is 6.08 Å². The van der Waals surface area contributed by atoms with Crippen molar-refractivity contribution in [1.82, 2.24) is 5.32 Å². The van der Waals surface area contributed by atoms with Gasteiger partial charge in [0, 0.05) is 6.42 Å². The Hall–Kier alpha value is -3.15. The van der Waals surface area contributed by atoms with Gasteiger partial charge in [0.05, 0.1) is 25.4 Å². The molecule has 0 aromatic rings. The van der Waals surface area contributed by atoms with Crippen LogP contribution in [0.3, 0.4) is 0 Å². The molecule has 0 aromatic carbocycles. The second kappa shape index (κ2) is 48.5. The van der Waals surface area contributed by atoms with Crippen LogP contribution in [-0.4, -0.2) is 87.5 Å². The number of hydrogen-bond donors (Lipinski definition) is 6. The highest BCUT2D eigenvalue weighted by atomic mass is 16.7. The molecule has 7 atom stereocenters. The highest BCUT2D eigenvalue weighted by Gasteiger charge is 2.44. The molecule has 1 heterocycles. The van der Waals surface area contributed by atoms with Gasteiger partial charge in [0.25, 0.3) is 0 Å². The first kappa shape index (κ1) is 63.9. The molecule has 0 bridgehead atoms. The number of aliphatic hydroxyl groups excluding tert-OH is 5. The Kier molecular flexibility index (Phi) is 44.9. The second-order valence-corrected chi connectivity index (χ2v) is 18.6. The first-order valence-corrected chi connectivity index (χ1v) is 27.6. The number of nitrogens with one attached hydrogen (secondary N) is 1. The summed E-state index contributed by atoms with van der Waals surface area (Å²) in [5, 5.41) is 54.4. The number of carbonyl (C=O) groups excluding carboxylic acids is 1. The summed E-state index contributed by atoms with van der Waals surface area (Å²) in [6.07, 6.45) is 64.3. The summed E-state index contributed by atoms with van der Waals surface area (Å²) in [5.74, 6) is -0.222. The monoisotopic (exact) mass is 964 g/mol. The fourth-order valence-corrected chi connectivity index (χ4v) is 7.97. The molecule has 1 rings (SSSR count). The summed E-state index contributed by atoms with van der Waals surface area (Å²) in [6.45, 7) is 3.63. The van der Waals surface area contributed by atoms with Gasteiger partial charge >= 0.3 is 0 Å². The average molecular weight is 964 g/mol. The number of allylic oxidation sites excluding steroid dienone is 17. The Morgan fingerprint density at radius 1 is 0.507 bits per heavy atom. The first-order valence-electron chi connectivity index (χ1n) is 27.6. The molecule has 69 heavy (non-hydrogen) atoms. The quantitative estimate of drug-likeness (QED) is 0.0261. The maximum absolute atomic E-state index is 13.0. The number of amides is 1. The predicted octanol–water partition coefficient (Wildman–Crippen LogP) is 13.4. The van der Waals surface area contributed by atoms with Gasteiger partial charge in [-0.05, 0) is 89.9 Å².